The van der Waals surface area contributed by atoms with Crippen LogP contribution in [0, 0.1) is 0 Å². The van der Waals surface area contributed by atoms with Gasteiger partial charge in [-0.25, -0.2) is 0 Å². The van der Waals surface area contributed by atoms with E-state index in [9.17, 15) is 9.90 Å². The van der Waals surface area contributed by atoms with Crippen LogP contribution in [0.2, 0.25) is 0 Å². The number of ketones is 1. The number of carbonyl (C=O) groups excluding carboxylic acids is 1. The smallest absolute Gasteiger partial charge is 0.248 e. The van der Waals surface area contributed by atoms with Gasteiger partial charge in [-0.15, -0.1) is 0 Å². The molecule has 5 heteroatoms. The van der Waals surface area contributed by atoms with Crippen molar-refractivity contribution >= 4 is 5.78 Å². The number of carbonyl (C=O) groups is 1. The Hall–Kier alpha value is -2.37. The first-order valence-electron chi connectivity index (χ1n) is 14.9. The van der Waals surface area contributed by atoms with Crippen molar-refractivity contribution in [2.45, 2.75) is 122 Å². The highest BCUT2D eigenvalue weighted by molar-refractivity contribution is 5.98. The van der Waals surface area contributed by atoms with Gasteiger partial charge in [0.25, 0.3) is 0 Å². The number of aromatic hydroxyl groups is 1. The number of rotatable bonds is 16. The molecule has 5 nitrogen and oxygen atoms in total. The second kappa shape index (κ2) is 13.1. The molecule has 2 heterocycles. The minimum absolute atomic E-state index is 0.136. The summed E-state index contributed by atoms with van der Waals surface area (Å²) in [4.78, 5) is 13.3. The third kappa shape index (κ3) is 5.94. The molecule has 0 radical (unpaired) electrons. The first kappa shape index (κ1) is 28.6. The van der Waals surface area contributed by atoms with Crippen LogP contribution in [-0.2, 0) is 27.5 Å². The summed E-state index contributed by atoms with van der Waals surface area (Å²) in [5.41, 5.74) is 3.02. The summed E-state index contributed by atoms with van der Waals surface area (Å²) in [5, 5.41) is 11.0. The molecule has 0 bridgehead atoms. The minimum Gasteiger partial charge on any atom is -0.507 e. The molecular weight excluding hydrogens is 476 g/mol. The van der Waals surface area contributed by atoms with Gasteiger partial charge >= 0.3 is 0 Å². The number of methoxy groups -OCH3 is 1. The van der Waals surface area contributed by atoms with Gasteiger partial charge in [-0.3, -0.25) is 9.53 Å². The minimum atomic E-state index is -1.21. The second-order valence-corrected chi connectivity index (χ2v) is 11.0. The predicted molar refractivity (Wildman–Crippen MR) is 151 cm³/mol. The Balaban J connectivity index is 1.52. The van der Waals surface area contributed by atoms with Crippen LogP contribution in [0.25, 0.3) is 0 Å². The van der Waals surface area contributed by atoms with Crippen LogP contribution in [0.4, 0.5) is 0 Å². The first-order chi connectivity index (χ1) is 18.5. The normalized spacial score (nSPS) is 21.4. The van der Waals surface area contributed by atoms with Crippen molar-refractivity contribution in [1.29, 1.82) is 0 Å². The summed E-state index contributed by atoms with van der Waals surface area (Å²) in [6, 6.07) is 11.2. The molecule has 2 aliphatic rings. The summed E-state index contributed by atoms with van der Waals surface area (Å²) in [5.74, 6) is -1.27. The van der Waals surface area contributed by atoms with E-state index in [1.165, 1.54) is 51.4 Å². The van der Waals surface area contributed by atoms with E-state index in [0.29, 0.717) is 36.1 Å². The van der Waals surface area contributed by atoms with Gasteiger partial charge in [-0.2, -0.15) is 0 Å². The molecule has 38 heavy (non-hydrogen) atoms. The topological polar surface area (TPSA) is 65.0 Å². The molecular formula is C33H46O5. The average molecular weight is 523 g/mol. The summed E-state index contributed by atoms with van der Waals surface area (Å²) < 4.78 is 19.4. The molecule has 0 saturated carbocycles. The zero-order valence-corrected chi connectivity index (χ0v) is 23.7. The van der Waals surface area contributed by atoms with Gasteiger partial charge in [0.1, 0.15) is 11.5 Å². The van der Waals surface area contributed by atoms with Gasteiger partial charge in [0.15, 0.2) is 11.6 Å². The fourth-order valence-electron chi connectivity index (χ4n) is 6.16. The number of phenols is 1. The van der Waals surface area contributed by atoms with E-state index in [1.54, 1.807) is 13.2 Å². The molecule has 4 rings (SSSR count). The Morgan fingerprint density at radius 3 is 2.26 bits per heavy atom. The molecule has 2 atom stereocenters. The Bertz CT molecular complexity index is 1080. The van der Waals surface area contributed by atoms with E-state index in [-0.39, 0.29) is 11.5 Å². The predicted octanol–water partition coefficient (Wildman–Crippen LogP) is 8.69. The fourth-order valence-corrected chi connectivity index (χ4v) is 6.16. The number of unbranched alkanes of at least 4 members (excludes halogenated alkanes) is 10. The standard InChI is InChI=1S/C33H46O5/c1-4-6-8-10-12-14-20-28(34)25-18-16-22-30-26(25)24-33(37-30)31-27(19-17-21-29(31)35)32(36-3,38-33)23-15-13-11-9-7-5-2/h16-19,21-22,35H,4-15,20,23-24H2,1-3H3/t32-,33-/m1/s1. The lowest BCUT2D eigenvalue weighted by Gasteiger charge is -2.32. The second-order valence-electron chi connectivity index (χ2n) is 11.0. The van der Waals surface area contributed by atoms with E-state index in [4.69, 9.17) is 14.2 Å². The third-order valence-corrected chi connectivity index (χ3v) is 8.23. The molecule has 0 aliphatic carbocycles. The molecule has 0 fully saturated rings. The zero-order chi connectivity index (χ0) is 27.0. The van der Waals surface area contributed by atoms with Crippen LogP contribution in [0.15, 0.2) is 36.4 Å². The number of hydrogen-bond acceptors (Lipinski definition) is 5. The van der Waals surface area contributed by atoms with Crippen LogP contribution in [0.1, 0.15) is 131 Å². The number of benzene rings is 2. The highest BCUT2D eigenvalue weighted by Crippen LogP contribution is 2.58. The molecule has 1 spiro atoms. The maximum atomic E-state index is 13.3. The van der Waals surface area contributed by atoms with Gasteiger partial charge in [0.2, 0.25) is 5.79 Å². The van der Waals surface area contributed by atoms with E-state index in [0.717, 1.165) is 36.8 Å². The van der Waals surface area contributed by atoms with Gasteiger partial charge < -0.3 is 14.6 Å². The van der Waals surface area contributed by atoms with Crippen LogP contribution >= 0.6 is 0 Å². The lowest BCUT2D eigenvalue weighted by atomic mass is 9.90. The summed E-state index contributed by atoms with van der Waals surface area (Å²) in [7, 11) is 1.67. The molecule has 0 aromatic heterocycles. The van der Waals surface area contributed by atoms with Crippen molar-refractivity contribution in [2.75, 3.05) is 7.11 Å². The highest BCUT2D eigenvalue weighted by atomic mass is 16.8. The maximum Gasteiger partial charge on any atom is 0.248 e. The van der Waals surface area contributed by atoms with Gasteiger partial charge in [-0.05, 0) is 25.0 Å². The van der Waals surface area contributed by atoms with Gasteiger partial charge in [0, 0.05) is 43.1 Å². The van der Waals surface area contributed by atoms with Crippen LogP contribution in [-0.4, -0.2) is 18.0 Å². The lowest BCUT2D eigenvalue weighted by molar-refractivity contribution is -0.323. The largest absolute Gasteiger partial charge is 0.507 e. The van der Waals surface area contributed by atoms with Crippen molar-refractivity contribution in [3.63, 3.8) is 0 Å². The van der Waals surface area contributed by atoms with Crippen molar-refractivity contribution in [2.24, 2.45) is 0 Å². The molecule has 2 aliphatic heterocycles. The molecule has 2 aromatic rings. The maximum absolute atomic E-state index is 13.3. The quantitative estimate of drug-likeness (QED) is 0.176. The van der Waals surface area contributed by atoms with Crippen LogP contribution < -0.4 is 4.74 Å². The van der Waals surface area contributed by atoms with Crippen molar-refractivity contribution in [3.8, 4) is 11.5 Å². The van der Waals surface area contributed by atoms with Crippen LogP contribution in [0.5, 0.6) is 11.5 Å². The highest BCUT2D eigenvalue weighted by Gasteiger charge is 2.59. The summed E-state index contributed by atoms with van der Waals surface area (Å²) in [6.45, 7) is 4.44. The van der Waals surface area contributed by atoms with Crippen molar-refractivity contribution < 1.29 is 24.1 Å². The van der Waals surface area contributed by atoms with Crippen LogP contribution in [0.3, 0.4) is 0 Å². The van der Waals surface area contributed by atoms with E-state index in [1.807, 2.05) is 30.3 Å². The first-order valence-corrected chi connectivity index (χ1v) is 14.9. The number of fused-ring (bicyclic) bond motifs is 3. The van der Waals surface area contributed by atoms with Gasteiger partial charge in [-0.1, -0.05) is 102 Å². The number of ether oxygens (including phenoxy) is 3. The fraction of sp³-hybridized carbons (Fsp3) is 0.606. The lowest BCUT2D eigenvalue weighted by Crippen LogP contribution is -2.37. The van der Waals surface area contributed by atoms with E-state index >= 15 is 0 Å². The summed E-state index contributed by atoms with van der Waals surface area (Å²) >= 11 is 0. The molecule has 0 unspecified atom stereocenters. The number of phenolic OH excluding ortho intramolecular Hbond substituents is 1. The molecule has 0 saturated heterocycles. The van der Waals surface area contributed by atoms with E-state index < -0.39 is 11.6 Å². The number of Topliss-reactive ketones (excluding diaryl/α,β-unsaturated/α-hetero) is 1. The number of hydrogen-bond donors (Lipinski definition) is 1. The average Bonchev–Trinajstić information content (AvgIpc) is 3.43. The Morgan fingerprint density at radius 2 is 1.55 bits per heavy atom. The Labute approximate surface area is 228 Å². The van der Waals surface area contributed by atoms with E-state index in [2.05, 4.69) is 13.8 Å². The third-order valence-electron chi connectivity index (χ3n) is 8.23. The Morgan fingerprint density at radius 1 is 0.895 bits per heavy atom. The van der Waals surface area contributed by atoms with Crippen molar-refractivity contribution in [1.82, 2.24) is 0 Å². The molecule has 208 valence electrons. The molecule has 1 N–H and O–H groups in total. The zero-order valence-electron chi connectivity index (χ0n) is 23.7. The monoisotopic (exact) mass is 522 g/mol. The molecule has 2 aromatic carbocycles. The molecule has 0 amide bonds. The Kier molecular flexibility index (Phi) is 9.89. The summed E-state index contributed by atoms with van der Waals surface area (Å²) in [6.07, 6.45) is 15.5. The van der Waals surface area contributed by atoms with Crippen molar-refractivity contribution in [3.05, 3.63) is 58.7 Å². The SMILES string of the molecule is CCCCCCCCC(=O)c1cccc2c1C[C@@]1(O2)O[C@@](CCCCCCCC)(OC)c2cccc(O)c21. The van der Waals surface area contributed by atoms with Gasteiger partial charge in [0.05, 0.1) is 5.56 Å².